The van der Waals surface area contributed by atoms with E-state index in [9.17, 15) is 9.90 Å². The quantitative estimate of drug-likeness (QED) is 0.683. The van der Waals surface area contributed by atoms with Crippen LogP contribution >= 0.6 is 11.6 Å². The van der Waals surface area contributed by atoms with Crippen molar-refractivity contribution in [2.24, 2.45) is 0 Å². The summed E-state index contributed by atoms with van der Waals surface area (Å²) >= 11 is 6.14. The Morgan fingerprint density at radius 1 is 1.18 bits per heavy atom. The van der Waals surface area contributed by atoms with E-state index in [1.54, 1.807) is 19.4 Å². The number of piperazine rings is 1. The van der Waals surface area contributed by atoms with Crippen molar-refractivity contribution in [3.8, 4) is 5.75 Å². The average Bonchev–Trinajstić information content (AvgIpc) is 3.11. The molecule has 0 unspecified atom stereocenters. The van der Waals surface area contributed by atoms with Crippen LogP contribution in [0.2, 0.25) is 5.02 Å². The molecule has 1 atom stereocenters. The fourth-order valence-corrected chi connectivity index (χ4v) is 4.04. The number of hydrogen-bond acceptors (Lipinski definition) is 4. The number of carboxylic acids is 1. The van der Waals surface area contributed by atoms with Gasteiger partial charge >= 0.3 is 5.97 Å². The Hall–Kier alpha value is -2.70. The number of anilines is 1. The van der Waals surface area contributed by atoms with E-state index in [-0.39, 0.29) is 0 Å². The van der Waals surface area contributed by atoms with E-state index in [1.165, 1.54) is 0 Å². The molecule has 0 aliphatic carbocycles. The van der Waals surface area contributed by atoms with Crippen LogP contribution in [0.4, 0.5) is 5.69 Å². The number of aromatic amines is 1. The summed E-state index contributed by atoms with van der Waals surface area (Å²) in [5, 5.41) is 11.4. The van der Waals surface area contributed by atoms with Crippen molar-refractivity contribution in [1.82, 2.24) is 9.88 Å². The number of hydrogen-bond donors (Lipinski definition) is 2. The van der Waals surface area contributed by atoms with Crippen LogP contribution in [0, 0.1) is 0 Å². The van der Waals surface area contributed by atoms with E-state index in [2.05, 4.69) is 16.0 Å². The fourth-order valence-electron chi connectivity index (χ4n) is 3.87. The predicted molar refractivity (Wildman–Crippen MR) is 110 cm³/mol. The maximum absolute atomic E-state index is 12.1. The lowest BCUT2D eigenvalue weighted by molar-refractivity contribution is -0.143. The first-order chi connectivity index (χ1) is 13.6. The number of fused-ring (bicyclic) bond motifs is 1. The highest BCUT2D eigenvalue weighted by Crippen LogP contribution is 2.32. The summed E-state index contributed by atoms with van der Waals surface area (Å²) in [6.07, 6.45) is 1.79. The SMILES string of the molecule is COc1cccc(N2CCN([C@H](C(=O)O)c3c[nH]c4ccc(Cl)cc34)CC2)c1. The molecule has 1 fully saturated rings. The molecule has 1 aromatic heterocycles. The highest BCUT2D eigenvalue weighted by atomic mass is 35.5. The van der Waals surface area contributed by atoms with Crippen LogP contribution in [0.25, 0.3) is 10.9 Å². The Morgan fingerprint density at radius 2 is 1.96 bits per heavy atom. The number of aromatic nitrogens is 1. The lowest BCUT2D eigenvalue weighted by Crippen LogP contribution is -2.49. The van der Waals surface area contributed by atoms with Crippen LogP contribution in [-0.2, 0) is 4.79 Å². The van der Waals surface area contributed by atoms with Crippen LogP contribution in [0.1, 0.15) is 11.6 Å². The Labute approximate surface area is 168 Å². The van der Waals surface area contributed by atoms with Crippen LogP contribution in [0.3, 0.4) is 0 Å². The second kappa shape index (κ2) is 7.73. The van der Waals surface area contributed by atoms with Crippen LogP contribution in [0.15, 0.2) is 48.7 Å². The number of carboxylic acid groups (broad SMARTS) is 1. The summed E-state index contributed by atoms with van der Waals surface area (Å²) < 4.78 is 5.31. The first kappa shape index (κ1) is 18.7. The van der Waals surface area contributed by atoms with Gasteiger partial charge in [-0.3, -0.25) is 9.69 Å². The molecule has 28 heavy (non-hydrogen) atoms. The summed E-state index contributed by atoms with van der Waals surface area (Å²) in [4.78, 5) is 19.6. The smallest absolute Gasteiger partial charge is 0.325 e. The van der Waals surface area contributed by atoms with E-state index >= 15 is 0 Å². The number of nitrogens with one attached hydrogen (secondary N) is 1. The van der Waals surface area contributed by atoms with Crippen molar-refractivity contribution in [3.05, 3.63) is 59.2 Å². The molecule has 2 N–H and O–H groups in total. The van der Waals surface area contributed by atoms with Crippen molar-refractivity contribution in [3.63, 3.8) is 0 Å². The van der Waals surface area contributed by atoms with Gasteiger partial charge in [-0.1, -0.05) is 17.7 Å². The zero-order valence-corrected chi connectivity index (χ0v) is 16.3. The summed E-state index contributed by atoms with van der Waals surface area (Å²) in [5.41, 5.74) is 2.73. The normalized spacial score (nSPS) is 16.3. The number of rotatable bonds is 5. The topological polar surface area (TPSA) is 68.8 Å². The zero-order chi connectivity index (χ0) is 19.7. The van der Waals surface area contributed by atoms with Gasteiger partial charge in [0, 0.05) is 65.6 Å². The molecular weight excluding hydrogens is 378 g/mol. The number of nitrogens with zero attached hydrogens (tertiary/aromatic N) is 2. The minimum atomic E-state index is -0.851. The standard InChI is InChI=1S/C21H22ClN3O3/c1-28-16-4-2-3-15(12-16)24-7-9-25(10-8-24)20(21(26)27)18-13-23-19-6-5-14(22)11-17(18)19/h2-6,11-13,20,23H,7-10H2,1H3,(H,26,27)/t20-/m0/s1. The minimum Gasteiger partial charge on any atom is -0.497 e. The molecule has 1 aliphatic heterocycles. The molecule has 6 nitrogen and oxygen atoms in total. The molecule has 0 spiro atoms. The number of methoxy groups -OCH3 is 1. The third-order valence-electron chi connectivity index (χ3n) is 5.30. The lowest BCUT2D eigenvalue weighted by atomic mass is 10.0. The van der Waals surface area contributed by atoms with Crippen molar-refractivity contribution in [1.29, 1.82) is 0 Å². The van der Waals surface area contributed by atoms with E-state index in [0.717, 1.165) is 41.0 Å². The molecule has 0 amide bonds. The molecule has 146 valence electrons. The molecular formula is C21H22ClN3O3. The summed E-state index contributed by atoms with van der Waals surface area (Å²) in [6, 6.07) is 12.7. The second-order valence-corrected chi connectivity index (χ2v) is 7.34. The highest BCUT2D eigenvalue weighted by molar-refractivity contribution is 6.31. The molecule has 0 bridgehead atoms. The van der Waals surface area contributed by atoms with Gasteiger partial charge < -0.3 is 19.7 Å². The number of aliphatic carboxylic acids is 1. The average molecular weight is 400 g/mol. The molecule has 2 aromatic carbocycles. The third-order valence-corrected chi connectivity index (χ3v) is 5.54. The Balaban J connectivity index is 1.55. The first-order valence-corrected chi connectivity index (χ1v) is 9.57. The van der Waals surface area contributed by atoms with E-state index < -0.39 is 12.0 Å². The number of halogens is 1. The van der Waals surface area contributed by atoms with Gasteiger partial charge in [-0.2, -0.15) is 0 Å². The molecule has 1 aliphatic rings. The van der Waals surface area contributed by atoms with Crippen molar-refractivity contribution in [2.45, 2.75) is 6.04 Å². The maximum atomic E-state index is 12.1. The monoisotopic (exact) mass is 399 g/mol. The van der Waals surface area contributed by atoms with Crippen molar-refractivity contribution < 1.29 is 14.6 Å². The van der Waals surface area contributed by atoms with Gasteiger partial charge in [0.15, 0.2) is 0 Å². The number of H-pyrrole nitrogens is 1. The summed E-state index contributed by atoms with van der Waals surface area (Å²) in [7, 11) is 1.65. The number of carbonyl (C=O) groups is 1. The maximum Gasteiger partial charge on any atom is 0.325 e. The zero-order valence-electron chi connectivity index (χ0n) is 15.6. The predicted octanol–water partition coefficient (Wildman–Crippen LogP) is 3.78. The van der Waals surface area contributed by atoms with Gasteiger partial charge in [0.2, 0.25) is 0 Å². The molecule has 3 aromatic rings. The van der Waals surface area contributed by atoms with E-state index in [1.807, 2.05) is 35.2 Å². The number of ether oxygens (including phenoxy) is 1. The Kier molecular flexibility index (Phi) is 5.15. The minimum absolute atomic E-state index is 0.598. The van der Waals surface area contributed by atoms with E-state index in [0.29, 0.717) is 18.1 Å². The van der Waals surface area contributed by atoms with Crippen LogP contribution < -0.4 is 9.64 Å². The highest BCUT2D eigenvalue weighted by Gasteiger charge is 2.32. The third kappa shape index (κ3) is 3.53. The molecule has 4 rings (SSSR count). The molecule has 7 heteroatoms. The van der Waals surface area contributed by atoms with Gasteiger partial charge in [-0.05, 0) is 30.3 Å². The molecule has 0 radical (unpaired) electrons. The largest absolute Gasteiger partial charge is 0.497 e. The van der Waals surface area contributed by atoms with Crippen molar-refractivity contribution in [2.75, 3.05) is 38.2 Å². The van der Waals surface area contributed by atoms with Crippen molar-refractivity contribution >= 4 is 34.2 Å². The van der Waals surface area contributed by atoms with Gasteiger partial charge in [0.1, 0.15) is 11.8 Å². The first-order valence-electron chi connectivity index (χ1n) is 9.19. The van der Waals surface area contributed by atoms with Gasteiger partial charge in [-0.15, -0.1) is 0 Å². The van der Waals surface area contributed by atoms with E-state index in [4.69, 9.17) is 16.3 Å². The second-order valence-electron chi connectivity index (χ2n) is 6.90. The fraction of sp³-hybridized carbons (Fsp3) is 0.286. The van der Waals surface area contributed by atoms with Crippen LogP contribution in [0.5, 0.6) is 5.75 Å². The Morgan fingerprint density at radius 3 is 2.68 bits per heavy atom. The molecule has 2 heterocycles. The molecule has 1 saturated heterocycles. The molecule has 0 saturated carbocycles. The summed E-state index contributed by atoms with van der Waals surface area (Å²) in [5.74, 6) is -0.0327. The lowest BCUT2D eigenvalue weighted by Gasteiger charge is -2.38. The van der Waals surface area contributed by atoms with Gasteiger partial charge in [-0.25, -0.2) is 0 Å². The number of benzene rings is 2. The van der Waals surface area contributed by atoms with Gasteiger partial charge in [0.25, 0.3) is 0 Å². The summed E-state index contributed by atoms with van der Waals surface area (Å²) in [6.45, 7) is 2.81. The van der Waals surface area contributed by atoms with Gasteiger partial charge in [0.05, 0.1) is 7.11 Å². The van der Waals surface area contributed by atoms with Crippen LogP contribution in [-0.4, -0.2) is 54.2 Å². The Bertz CT molecular complexity index is 995.